The average molecular weight is 589 g/mol. The molecular weight excluding hydrogens is 548 g/mol. The van der Waals surface area contributed by atoms with Gasteiger partial charge in [-0.2, -0.15) is 0 Å². The first-order chi connectivity index (χ1) is 20.8. The zero-order valence-corrected chi connectivity index (χ0v) is 24.7. The number of nitrogens with one attached hydrogen (secondary N) is 2. The summed E-state index contributed by atoms with van der Waals surface area (Å²) in [5, 5.41) is 5.54. The van der Waals surface area contributed by atoms with E-state index in [4.69, 9.17) is 20.9 Å². The molecule has 0 saturated heterocycles. The van der Waals surface area contributed by atoms with Crippen molar-refractivity contribution in [2.45, 2.75) is 46.0 Å². The van der Waals surface area contributed by atoms with Crippen molar-refractivity contribution < 1.29 is 19.1 Å². The van der Waals surface area contributed by atoms with Gasteiger partial charge in [-0.25, -0.2) is 9.80 Å². The van der Waals surface area contributed by atoms with E-state index in [1.165, 1.54) is 13.8 Å². The number of ether oxygens (including phenoxy) is 2. The predicted molar refractivity (Wildman–Crippen MR) is 170 cm³/mol. The van der Waals surface area contributed by atoms with Crippen molar-refractivity contribution in [3.05, 3.63) is 61.2 Å². The number of amides is 2. The molecule has 2 aromatic carbocycles. The highest BCUT2D eigenvalue weighted by atomic mass is 16.5. The van der Waals surface area contributed by atoms with Gasteiger partial charge < -0.3 is 31.6 Å². The van der Waals surface area contributed by atoms with Crippen LogP contribution in [-0.4, -0.2) is 59.6 Å². The van der Waals surface area contributed by atoms with Crippen LogP contribution in [0, 0.1) is 0 Å². The van der Waals surface area contributed by atoms with Crippen molar-refractivity contribution in [1.29, 1.82) is 0 Å². The minimum Gasteiger partial charge on any atom is -0.491 e. The minimum atomic E-state index is -0.165. The fraction of sp³-hybridized carbons (Fsp3) is 0.355. The van der Waals surface area contributed by atoms with E-state index in [2.05, 4.69) is 30.4 Å². The van der Waals surface area contributed by atoms with Gasteiger partial charge >= 0.3 is 0 Å². The number of hydrogen-bond acceptors (Lipinski definition) is 10. The van der Waals surface area contributed by atoms with E-state index in [-0.39, 0.29) is 11.8 Å². The lowest BCUT2D eigenvalue weighted by Gasteiger charge is -2.14. The molecule has 0 saturated carbocycles. The average Bonchev–Trinajstić information content (AvgIpc) is 3.60. The summed E-state index contributed by atoms with van der Waals surface area (Å²) in [5.41, 5.74) is 14.1. The fourth-order valence-electron chi connectivity index (χ4n) is 4.68. The molecule has 2 heterocycles. The van der Waals surface area contributed by atoms with Crippen LogP contribution >= 0.6 is 0 Å². The molecule has 2 aliphatic heterocycles. The molecule has 2 amide bonds. The van der Waals surface area contributed by atoms with Gasteiger partial charge in [0.1, 0.15) is 23.9 Å². The molecule has 0 bridgehead atoms. The van der Waals surface area contributed by atoms with E-state index in [0.717, 1.165) is 56.9 Å². The Hall–Kier alpha value is -5.00. The molecule has 0 unspecified atom stereocenters. The lowest BCUT2D eigenvalue weighted by atomic mass is 10.2. The van der Waals surface area contributed by atoms with E-state index < -0.39 is 0 Å². The molecule has 12 nitrogen and oxygen atoms in total. The molecular formula is C31H40N8O4+2. The number of nitrogens with two attached hydrogens (primary N) is 2. The summed E-state index contributed by atoms with van der Waals surface area (Å²) in [5.74, 6) is 2.83. The third-order valence-electron chi connectivity index (χ3n) is 6.64. The molecule has 0 atom stereocenters. The molecule has 2 aliphatic rings. The van der Waals surface area contributed by atoms with Crippen molar-refractivity contribution in [1.82, 2.24) is 19.8 Å². The van der Waals surface area contributed by atoms with Gasteiger partial charge in [0, 0.05) is 50.2 Å². The van der Waals surface area contributed by atoms with Gasteiger partial charge in [0.15, 0.2) is 12.4 Å². The Balaban J connectivity index is 1.15. The second kappa shape index (κ2) is 15.3. The Bertz CT molecular complexity index is 1310. The minimum absolute atomic E-state index is 0.165. The first-order valence-electron chi connectivity index (χ1n) is 14.4. The van der Waals surface area contributed by atoms with Gasteiger partial charge in [-0.3, -0.25) is 9.59 Å². The van der Waals surface area contributed by atoms with E-state index in [9.17, 15) is 9.59 Å². The third kappa shape index (κ3) is 9.52. The smallest absolute Gasteiger partial charge is 0.298 e. The topological polar surface area (TPSA) is 163 Å². The fourth-order valence-corrected chi connectivity index (χ4v) is 4.68. The number of carbonyl (C=O) groups is 2. The number of nitrogens with zero attached hydrogens (tertiary/aromatic N) is 4. The first-order valence-corrected chi connectivity index (χ1v) is 14.4. The Morgan fingerprint density at radius 2 is 1.16 bits per heavy atom. The number of hydrogen-bond donors (Lipinski definition) is 4. The van der Waals surface area contributed by atoms with Gasteiger partial charge in [-0.05, 0) is 30.7 Å². The van der Waals surface area contributed by atoms with Crippen molar-refractivity contribution in [2.24, 2.45) is 0 Å². The van der Waals surface area contributed by atoms with Crippen molar-refractivity contribution in [2.75, 3.05) is 48.4 Å². The standard InChI is InChI=1S/C31H40N8O4/c1-22(40)36-26-10-8-24(32)20-28(26)42-18-4-14-38-16-12-34-30(38)6-3-7-31-35-13-17-39(31)15-5-19-43-29-21-25(33)9-11-27(29)37-23(2)41/h8-13,16-17,20-21H,3-7,14-15,18-19,32-33H2,1-2H3,(H,36,40)(H,37,41)/q+2. The van der Waals surface area contributed by atoms with Gasteiger partial charge in [-0.15, -0.1) is 0 Å². The molecule has 0 fully saturated rings. The Labute approximate surface area is 252 Å². The lowest BCUT2D eigenvalue weighted by molar-refractivity contribution is -0.115. The SMILES string of the molecule is CC(=O)Nc1ccc(N)cc1OCCCN1C=C[N+]=C1CCCC1=[N+]C=CN1CCCOc1cc(N)ccc1NC(C)=O. The summed E-state index contributed by atoms with van der Waals surface area (Å²) in [6, 6.07) is 10.4. The largest absolute Gasteiger partial charge is 0.491 e. The van der Waals surface area contributed by atoms with Crippen LogP contribution in [0.4, 0.5) is 22.7 Å². The molecule has 12 heteroatoms. The van der Waals surface area contributed by atoms with Gasteiger partial charge in [0.25, 0.3) is 11.7 Å². The van der Waals surface area contributed by atoms with E-state index in [1.54, 1.807) is 36.4 Å². The molecule has 4 rings (SSSR count). The highest BCUT2D eigenvalue weighted by molar-refractivity contribution is 5.91. The maximum atomic E-state index is 11.5. The second-order valence-corrected chi connectivity index (χ2v) is 10.2. The van der Waals surface area contributed by atoms with Crippen LogP contribution in [0.1, 0.15) is 46.0 Å². The van der Waals surface area contributed by atoms with Crippen molar-refractivity contribution in [3.63, 3.8) is 0 Å². The van der Waals surface area contributed by atoms with E-state index in [0.29, 0.717) is 47.5 Å². The van der Waals surface area contributed by atoms with E-state index in [1.807, 2.05) is 24.8 Å². The highest BCUT2D eigenvalue weighted by Gasteiger charge is 2.27. The number of carbonyl (C=O) groups excluding carboxylic acids is 2. The monoisotopic (exact) mass is 588 g/mol. The van der Waals surface area contributed by atoms with Gasteiger partial charge in [0.05, 0.1) is 50.5 Å². The van der Waals surface area contributed by atoms with Gasteiger partial charge in [-0.1, -0.05) is 9.98 Å². The maximum Gasteiger partial charge on any atom is 0.298 e. The summed E-state index contributed by atoms with van der Waals surface area (Å²) in [6.07, 6.45) is 11.7. The van der Waals surface area contributed by atoms with E-state index >= 15 is 0 Å². The van der Waals surface area contributed by atoms with Crippen LogP contribution in [0.2, 0.25) is 0 Å². The number of aliphatic imine (C=N–C) groups is 2. The molecule has 0 aromatic heterocycles. The first kappa shape index (κ1) is 30.9. The molecule has 0 aliphatic carbocycles. The number of amidine groups is 2. The molecule has 6 N–H and O–H groups in total. The van der Waals surface area contributed by atoms with Crippen LogP contribution in [0.5, 0.6) is 11.5 Å². The quantitative estimate of drug-likeness (QED) is 0.172. The molecule has 226 valence electrons. The summed E-state index contributed by atoms with van der Waals surface area (Å²) in [4.78, 5) is 36.3. The lowest BCUT2D eigenvalue weighted by Crippen LogP contribution is -2.29. The Kier molecular flexibility index (Phi) is 11.0. The van der Waals surface area contributed by atoms with Crippen LogP contribution in [0.3, 0.4) is 0 Å². The highest BCUT2D eigenvalue weighted by Crippen LogP contribution is 2.28. The summed E-state index contributed by atoms with van der Waals surface area (Å²) < 4.78 is 11.8. The summed E-state index contributed by atoms with van der Waals surface area (Å²) in [7, 11) is 0. The second-order valence-electron chi connectivity index (χ2n) is 10.2. The number of rotatable bonds is 16. The number of anilines is 4. The van der Waals surface area contributed by atoms with Crippen molar-refractivity contribution >= 4 is 46.2 Å². The van der Waals surface area contributed by atoms with Crippen molar-refractivity contribution in [3.8, 4) is 11.5 Å². The van der Waals surface area contributed by atoms with Crippen LogP contribution in [0.25, 0.3) is 0 Å². The Morgan fingerprint density at radius 1 is 0.721 bits per heavy atom. The van der Waals surface area contributed by atoms with Crippen LogP contribution in [-0.2, 0) is 9.59 Å². The Morgan fingerprint density at radius 3 is 1.58 bits per heavy atom. The zero-order valence-electron chi connectivity index (χ0n) is 24.7. The van der Waals surface area contributed by atoms with Crippen LogP contribution < -0.4 is 41.6 Å². The van der Waals surface area contributed by atoms with Crippen LogP contribution in [0.15, 0.2) is 61.2 Å². The predicted octanol–water partition coefficient (Wildman–Crippen LogP) is 3.22. The zero-order chi connectivity index (χ0) is 30.6. The third-order valence-corrected chi connectivity index (χ3v) is 6.64. The maximum absolute atomic E-state index is 11.5. The molecule has 43 heavy (non-hydrogen) atoms. The summed E-state index contributed by atoms with van der Waals surface area (Å²) >= 11 is 0. The molecule has 2 aromatic rings. The molecule has 0 spiro atoms. The number of nitrogen functional groups attached to an aromatic ring is 2. The number of benzene rings is 2. The molecule has 2 radical (unpaired) electrons. The normalized spacial score (nSPS) is 13.6. The van der Waals surface area contributed by atoms with Gasteiger partial charge in [0.2, 0.25) is 11.8 Å². The summed E-state index contributed by atoms with van der Waals surface area (Å²) in [6.45, 7) is 5.39.